The molecule has 0 saturated carbocycles. The second-order valence-corrected chi connectivity index (χ2v) is 6.08. The largest absolute Gasteiger partial charge is 0.506 e. The Kier molecular flexibility index (Phi) is 5.08. The van der Waals surface area contributed by atoms with Crippen molar-refractivity contribution in [2.45, 2.75) is 20.8 Å². The van der Waals surface area contributed by atoms with Gasteiger partial charge in [0.1, 0.15) is 11.5 Å². The molecule has 2 aromatic carbocycles. The monoisotopic (exact) mass is 363 g/mol. The highest BCUT2D eigenvalue weighted by Gasteiger charge is 2.09. The number of rotatable bonds is 4. The minimum Gasteiger partial charge on any atom is -0.506 e. The molecule has 0 heterocycles. The van der Waals surface area contributed by atoms with Crippen LogP contribution >= 0.6 is 15.9 Å². The molecule has 0 fully saturated rings. The Balaban J connectivity index is 1.99. The van der Waals surface area contributed by atoms with Gasteiger partial charge in [0.2, 0.25) is 0 Å². The van der Waals surface area contributed by atoms with Crippen LogP contribution in [0.5, 0.6) is 11.5 Å². The lowest BCUT2D eigenvalue weighted by atomic mass is 10.1. The summed E-state index contributed by atoms with van der Waals surface area (Å²) < 4.78 is 6.08. The van der Waals surface area contributed by atoms with Gasteiger partial charge in [0.05, 0.1) is 4.47 Å². The molecule has 0 aliphatic heterocycles. The number of phenols is 1. The SMILES string of the molecule is Cc1ccc(OCC(=O)Nc2cc(C)c(O)c(Br)c2)c(C)c1. The molecule has 0 unspecified atom stereocenters. The lowest BCUT2D eigenvalue weighted by Gasteiger charge is -2.11. The number of nitrogens with one attached hydrogen (secondary N) is 1. The zero-order chi connectivity index (χ0) is 16.3. The fourth-order valence-electron chi connectivity index (χ4n) is 2.11. The molecule has 2 aromatic rings. The van der Waals surface area contributed by atoms with E-state index in [0.29, 0.717) is 21.5 Å². The van der Waals surface area contributed by atoms with E-state index in [1.807, 2.05) is 32.0 Å². The highest BCUT2D eigenvalue weighted by Crippen LogP contribution is 2.30. The number of hydrogen-bond acceptors (Lipinski definition) is 3. The smallest absolute Gasteiger partial charge is 0.262 e. The third kappa shape index (κ3) is 4.01. The van der Waals surface area contributed by atoms with Gasteiger partial charge in [-0.15, -0.1) is 0 Å². The van der Waals surface area contributed by atoms with Crippen molar-refractivity contribution in [3.63, 3.8) is 0 Å². The Labute approximate surface area is 138 Å². The van der Waals surface area contributed by atoms with Crippen molar-refractivity contribution in [3.8, 4) is 11.5 Å². The quantitative estimate of drug-likeness (QED) is 0.804. The number of amides is 1. The first kappa shape index (κ1) is 16.4. The van der Waals surface area contributed by atoms with E-state index in [9.17, 15) is 9.90 Å². The number of aryl methyl sites for hydroxylation is 3. The Hall–Kier alpha value is -2.01. The highest BCUT2D eigenvalue weighted by atomic mass is 79.9. The van der Waals surface area contributed by atoms with Crippen LogP contribution < -0.4 is 10.1 Å². The molecule has 0 aliphatic rings. The summed E-state index contributed by atoms with van der Waals surface area (Å²) in [4.78, 5) is 12.0. The van der Waals surface area contributed by atoms with Crippen molar-refractivity contribution in [1.29, 1.82) is 0 Å². The summed E-state index contributed by atoms with van der Waals surface area (Å²) >= 11 is 3.25. The van der Waals surface area contributed by atoms with E-state index in [1.54, 1.807) is 19.1 Å². The summed E-state index contributed by atoms with van der Waals surface area (Å²) in [6, 6.07) is 9.17. The number of carbonyl (C=O) groups excluding carboxylic acids is 1. The van der Waals surface area contributed by atoms with Crippen molar-refractivity contribution in [3.05, 3.63) is 51.5 Å². The van der Waals surface area contributed by atoms with Gasteiger partial charge in [0.15, 0.2) is 6.61 Å². The van der Waals surface area contributed by atoms with Gasteiger partial charge in [-0.25, -0.2) is 0 Å². The summed E-state index contributed by atoms with van der Waals surface area (Å²) in [6.07, 6.45) is 0. The Morgan fingerprint density at radius 1 is 1.18 bits per heavy atom. The predicted octanol–water partition coefficient (Wildman–Crippen LogP) is 4.10. The van der Waals surface area contributed by atoms with Crippen molar-refractivity contribution in [2.24, 2.45) is 0 Å². The van der Waals surface area contributed by atoms with E-state index >= 15 is 0 Å². The van der Waals surface area contributed by atoms with Crippen LogP contribution in [0.2, 0.25) is 0 Å². The van der Waals surface area contributed by atoms with Gasteiger partial charge in [-0.05, 0) is 66.0 Å². The number of halogens is 1. The number of benzene rings is 2. The van der Waals surface area contributed by atoms with E-state index in [-0.39, 0.29) is 18.3 Å². The van der Waals surface area contributed by atoms with E-state index < -0.39 is 0 Å². The van der Waals surface area contributed by atoms with Crippen LogP contribution in [-0.2, 0) is 4.79 Å². The van der Waals surface area contributed by atoms with Crippen molar-refractivity contribution >= 4 is 27.5 Å². The Morgan fingerprint density at radius 3 is 2.55 bits per heavy atom. The zero-order valence-electron chi connectivity index (χ0n) is 12.7. The standard InChI is InChI=1S/C17H18BrNO3/c1-10-4-5-15(11(2)6-10)22-9-16(20)19-13-7-12(3)17(21)14(18)8-13/h4-8,21H,9H2,1-3H3,(H,19,20). The minimum atomic E-state index is -0.253. The molecule has 0 spiro atoms. The molecule has 0 saturated heterocycles. The van der Waals surface area contributed by atoms with Crippen molar-refractivity contribution in [1.82, 2.24) is 0 Å². The van der Waals surface area contributed by atoms with Gasteiger partial charge in [-0.2, -0.15) is 0 Å². The van der Waals surface area contributed by atoms with Crippen LogP contribution in [0.25, 0.3) is 0 Å². The third-order valence-electron chi connectivity index (χ3n) is 3.23. The van der Waals surface area contributed by atoms with Crippen LogP contribution in [0.3, 0.4) is 0 Å². The normalized spacial score (nSPS) is 10.4. The first-order valence-corrected chi connectivity index (χ1v) is 7.65. The number of phenolic OH excluding ortho intramolecular Hbond substituents is 1. The van der Waals surface area contributed by atoms with Gasteiger partial charge in [0.25, 0.3) is 5.91 Å². The van der Waals surface area contributed by atoms with E-state index in [2.05, 4.69) is 21.2 Å². The number of anilines is 1. The van der Waals surface area contributed by atoms with Crippen LogP contribution in [0, 0.1) is 20.8 Å². The lowest BCUT2D eigenvalue weighted by Crippen LogP contribution is -2.20. The maximum absolute atomic E-state index is 12.0. The Bertz CT molecular complexity index is 690. The molecule has 4 nitrogen and oxygen atoms in total. The van der Waals surface area contributed by atoms with Crippen LogP contribution in [0.4, 0.5) is 5.69 Å². The first-order valence-electron chi connectivity index (χ1n) is 6.86. The molecule has 5 heteroatoms. The molecule has 2 N–H and O–H groups in total. The van der Waals surface area contributed by atoms with Gasteiger partial charge < -0.3 is 15.2 Å². The summed E-state index contributed by atoms with van der Waals surface area (Å²) in [7, 11) is 0. The summed E-state index contributed by atoms with van der Waals surface area (Å²) in [5, 5.41) is 12.4. The van der Waals surface area contributed by atoms with Crippen LogP contribution in [-0.4, -0.2) is 17.6 Å². The zero-order valence-corrected chi connectivity index (χ0v) is 14.3. The maximum Gasteiger partial charge on any atom is 0.262 e. The molecule has 0 atom stereocenters. The molecular formula is C17H18BrNO3. The van der Waals surface area contributed by atoms with Crippen molar-refractivity contribution in [2.75, 3.05) is 11.9 Å². The van der Waals surface area contributed by atoms with Crippen molar-refractivity contribution < 1.29 is 14.6 Å². The van der Waals surface area contributed by atoms with E-state index in [0.717, 1.165) is 11.1 Å². The molecule has 0 aliphatic carbocycles. The summed E-state index contributed by atoms with van der Waals surface area (Å²) in [5.74, 6) is 0.616. The first-order chi connectivity index (χ1) is 10.4. The molecule has 2 rings (SSSR count). The number of hydrogen-bond donors (Lipinski definition) is 2. The van der Waals surface area contributed by atoms with Gasteiger partial charge in [-0.3, -0.25) is 4.79 Å². The van der Waals surface area contributed by atoms with Gasteiger partial charge >= 0.3 is 0 Å². The summed E-state index contributed by atoms with van der Waals surface area (Å²) in [6.45, 7) is 5.65. The third-order valence-corrected chi connectivity index (χ3v) is 3.83. The van der Waals surface area contributed by atoms with Crippen LogP contribution in [0.1, 0.15) is 16.7 Å². The molecule has 116 valence electrons. The number of ether oxygens (including phenoxy) is 1. The average Bonchev–Trinajstić information content (AvgIpc) is 2.43. The van der Waals surface area contributed by atoms with E-state index in [4.69, 9.17) is 4.74 Å². The number of carbonyl (C=O) groups is 1. The minimum absolute atomic E-state index is 0.0680. The van der Waals surface area contributed by atoms with E-state index in [1.165, 1.54) is 0 Å². The fraction of sp³-hybridized carbons (Fsp3) is 0.235. The van der Waals surface area contributed by atoms with Gasteiger partial charge in [-0.1, -0.05) is 17.7 Å². The molecule has 1 amide bonds. The highest BCUT2D eigenvalue weighted by molar-refractivity contribution is 9.10. The molecule has 0 aromatic heterocycles. The molecular weight excluding hydrogens is 346 g/mol. The number of aromatic hydroxyl groups is 1. The topological polar surface area (TPSA) is 58.6 Å². The second kappa shape index (κ2) is 6.83. The molecule has 0 bridgehead atoms. The second-order valence-electron chi connectivity index (χ2n) is 5.23. The fourth-order valence-corrected chi connectivity index (χ4v) is 2.67. The van der Waals surface area contributed by atoms with Crippen LogP contribution in [0.15, 0.2) is 34.8 Å². The lowest BCUT2D eigenvalue weighted by molar-refractivity contribution is -0.118. The maximum atomic E-state index is 12.0. The average molecular weight is 364 g/mol. The predicted molar refractivity (Wildman–Crippen MR) is 90.6 cm³/mol. The molecule has 0 radical (unpaired) electrons. The molecule has 22 heavy (non-hydrogen) atoms. The summed E-state index contributed by atoms with van der Waals surface area (Å²) in [5.41, 5.74) is 3.44. The van der Waals surface area contributed by atoms with Gasteiger partial charge in [0, 0.05) is 5.69 Å². The Morgan fingerprint density at radius 2 is 1.91 bits per heavy atom.